The van der Waals surface area contributed by atoms with Gasteiger partial charge in [0.05, 0.1) is 18.1 Å². The summed E-state index contributed by atoms with van der Waals surface area (Å²) in [4.78, 5) is 13.1. The summed E-state index contributed by atoms with van der Waals surface area (Å²) in [5.74, 6) is 0. The molecular weight excluding hydrogens is 860 g/mol. The molecule has 0 unspecified atom stereocenters. The highest BCUT2D eigenvalue weighted by Crippen LogP contribution is 2.43. The molecule has 0 radical (unpaired) electrons. The summed E-state index contributed by atoms with van der Waals surface area (Å²) in [6.07, 6.45) is 0.842. The molecule has 0 fully saturated rings. The van der Waals surface area contributed by atoms with Crippen molar-refractivity contribution < 1.29 is 14.3 Å². The van der Waals surface area contributed by atoms with E-state index in [0.29, 0.717) is 16.6 Å². The zero-order valence-corrected chi connectivity index (χ0v) is 33.9. The molecule has 0 spiro atoms. The number of aldehydes is 1. The Labute approximate surface area is 290 Å². The first-order valence-corrected chi connectivity index (χ1v) is 21.3. The fourth-order valence-corrected chi connectivity index (χ4v) is 14.8. The zero-order valence-electron chi connectivity index (χ0n) is 23.3. The van der Waals surface area contributed by atoms with Crippen LogP contribution in [0.3, 0.4) is 0 Å². The lowest BCUT2D eigenvalue weighted by molar-refractivity contribution is 0.112. The smallest absolute Gasteiger partial charge is 0.200 e. The minimum absolute atomic E-state index is 0.137. The molecule has 3 nitrogen and oxygen atoms in total. The van der Waals surface area contributed by atoms with E-state index >= 15 is 0 Å². The Kier molecular flexibility index (Phi) is 19.7. The van der Waals surface area contributed by atoms with Crippen LogP contribution in [0.2, 0.25) is 16.6 Å². The maximum absolute atomic E-state index is 10.1. The first-order valence-electron chi connectivity index (χ1n) is 12.4. The Morgan fingerprint density at radius 3 is 1.52 bits per heavy atom. The summed E-state index contributed by atoms with van der Waals surface area (Å²) in [6.45, 7) is 14.9. The lowest BCUT2D eigenvalue weighted by Gasteiger charge is -2.42. The first kappa shape index (κ1) is 38.6. The van der Waals surface area contributed by atoms with Gasteiger partial charge in [-0.15, -0.1) is 34.0 Å². The topological polar surface area (TPSA) is 46.5 Å². The molecule has 0 amide bonds. The van der Waals surface area contributed by atoms with E-state index in [1.165, 1.54) is 25.2 Å². The Balaban J connectivity index is 0.000000299. The van der Waals surface area contributed by atoms with Crippen molar-refractivity contribution in [2.45, 2.75) is 71.4 Å². The number of hydrogen-bond donors (Lipinski definition) is 1. The molecule has 4 heterocycles. The summed E-state index contributed by atoms with van der Waals surface area (Å²) in [6, 6.07) is 7.90. The molecule has 12 heteroatoms. The molecule has 0 aromatic carbocycles. The number of halogens is 4. The quantitative estimate of drug-likeness (QED) is 0.142. The molecule has 4 aromatic heterocycles. The third kappa shape index (κ3) is 12.6. The standard InChI is InChI=1S/C14H25BrOSSi.C5H5BrOS.C5H3BrOS.C4H3BrS/c1-10(2)18(11(3)4,12(5)6)16-9-14-13(15)7-8-17-14;2*6-4-1-2-8-5(4)3-7;5-4-1-2-6-3-4/h7-8,10-12H,9H2,1-6H3;1-2,7H,3H2;1-3H;1-3H. The van der Waals surface area contributed by atoms with E-state index in [2.05, 4.69) is 117 Å². The number of aliphatic hydroxyl groups excluding tert-OH is 1. The van der Waals surface area contributed by atoms with E-state index in [4.69, 9.17) is 9.53 Å². The molecule has 4 aromatic rings. The monoisotopic (exact) mass is 892 g/mol. The number of carbonyl (C=O) groups excluding carboxylic acids is 1. The highest BCUT2D eigenvalue weighted by atomic mass is 79.9. The van der Waals surface area contributed by atoms with Crippen LogP contribution in [-0.2, 0) is 17.6 Å². The van der Waals surface area contributed by atoms with Crippen molar-refractivity contribution in [2.75, 3.05) is 0 Å². The lowest BCUT2D eigenvalue weighted by Crippen LogP contribution is -2.47. The minimum atomic E-state index is -1.72. The molecule has 0 bridgehead atoms. The van der Waals surface area contributed by atoms with Gasteiger partial charge < -0.3 is 9.53 Å². The largest absolute Gasteiger partial charge is 0.411 e. The van der Waals surface area contributed by atoms with Crippen LogP contribution in [0.1, 0.15) is 61.0 Å². The van der Waals surface area contributed by atoms with Crippen LogP contribution in [0.4, 0.5) is 0 Å². The van der Waals surface area contributed by atoms with E-state index in [9.17, 15) is 4.79 Å². The summed E-state index contributed by atoms with van der Waals surface area (Å²) < 4.78 is 10.8. The summed E-state index contributed by atoms with van der Waals surface area (Å²) in [5.41, 5.74) is 1.95. The van der Waals surface area contributed by atoms with Crippen molar-refractivity contribution in [1.82, 2.24) is 0 Å². The number of hydrogen-bond acceptors (Lipinski definition) is 7. The van der Waals surface area contributed by atoms with Crippen molar-refractivity contribution in [2.24, 2.45) is 0 Å². The molecule has 0 saturated heterocycles. The van der Waals surface area contributed by atoms with E-state index in [-0.39, 0.29) is 6.61 Å². The number of aliphatic hydroxyl groups is 1. The minimum Gasteiger partial charge on any atom is -0.411 e. The Morgan fingerprint density at radius 2 is 1.27 bits per heavy atom. The molecule has 0 aliphatic heterocycles. The van der Waals surface area contributed by atoms with Crippen LogP contribution in [0.15, 0.2) is 69.1 Å². The van der Waals surface area contributed by atoms with Crippen LogP contribution in [-0.4, -0.2) is 19.7 Å². The van der Waals surface area contributed by atoms with Crippen LogP contribution in [0.5, 0.6) is 0 Å². The van der Waals surface area contributed by atoms with E-state index in [1.54, 1.807) is 34.0 Å². The molecular formula is C28H36Br4O3S4Si. The second-order valence-corrected chi connectivity index (χ2v) is 22.0. The highest BCUT2D eigenvalue weighted by molar-refractivity contribution is 9.11. The van der Waals surface area contributed by atoms with Crippen molar-refractivity contribution in [3.05, 3.63) is 83.7 Å². The van der Waals surface area contributed by atoms with Gasteiger partial charge in [-0.3, -0.25) is 4.79 Å². The van der Waals surface area contributed by atoms with Gasteiger partial charge in [0.2, 0.25) is 8.32 Å². The third-order valence-electron chi connectivity index (χ3n) is 5.92. The van der Waals surface area contributed by atoms with E-state index in [0.717, 1.165) is 31.6 Å². The van der Waals surface area contributed by atoms with E-state index < -0.39 is 8.32 Å². The Morgan fingerprint density at radius 1 is 0.775 bits per heavy atom. The first-order chi connectivity index (χ1) is 18.9. The van der Waals surface area contributed by atoms with Gasteiger partial charge in [-0.05, 0) is 126 Å². The molecule has 0 aliphatic carbocycles. The highest BCUT2D eigenvalue weighted by Gasteiger charge is 2.45. The van der Waals surface area contributed by atoms with Gasteiger partial charge in [0.25, 0.3) is 0 Å². The van der Waals surface area contributed by atoms with Crippen LogP contribution < -0.4 is 0 Å². The van der Waals surface area contributed by atoms with Crippen molar-refractivity contribution in [3.63, 3.8) is 0 Å². The molecule has 0 aliphatic rings. The zero-order chi connectivity index (χ0) is 30.3. The molecule has 222 valence electrons. The molecule has 0 atom stereocenters. The normalized spacial score (nSPS) is 10.9. The van der Waals surface area contributed by atoms with E-state index in [1.807, 2.05) is 39.7 Å². The van der Waals surface area contributed by atoms with Gasteiger partial charge in [0, 0.05) is 33.0 Å². The number of thiophene rings is 4. The third-order valence-corrected chi connectivity index (χ3v) is 19.1. The SMILES string of the molecule is Brc1ccsc1.CC(C)[Si](OCc1sccc1Br)(C(C)C)C(C)C.O=Cc1sccc1Br.OCc1sccc1Br. The predicted octanol–water partition coefficient (Wildman–Crippen LogP) is 13.0. The fourth-order valence-electron chi connectivity index (χ4n) is 4.19. The maximum Gasteiger partial charge on any atom is 0.200 e. The molecule has 4 rings (SSSR count). The Bertz CT molecular complexity index is 1200. The fraction of sp³-hybridized carbons (Fsp3) is 0.393. The molecule has 1 N–H and O–H groups in total. The molecule has 0 saturated carbocycles. The second-order valence-electron chi connectivity index (χ2n) is 9.34. The molecule has 40 heavy (non-hydrogen) atoms. The van der Waals surface area contributed by atoms with Gasteiger partial charge in [-0.25, -0.2) is 0 Å². The van der Waals surface area contributed by atoms with Gasteiger partial charge in [-0.1, -0.05) is 41.5 Å². The van der Waals surface area contributed by atoms with Gasteiger partial charge in [0.1, 0.15) is 0 Å². The van der Waals surface area contributed by atoms with Crippen molar-refractivity contribution in [1.29, 1.82) is 0 Å². The van der Waals surface area contributed by atoms with Gasteiger partial charge in [0.15, 0.2) is 6.29 Å². The van der Waals surface area contributed by atoms with Crippen LogP contribution in [0, 0.1) is 0 Å². The van der Waals surface area contributed by atoms with Crippen LogP contribution in [0.25, 0.3) is 0 Å². The average molecular weight is 897 g/mol. The van der Waals surface area contributed by atoms with Crippen molar-refractivity contribution in [3.8, 4) is 0 Å². The number of rotatable bonds is 8. The van der Waals surface area contributed by atoms with Crippen molar-refractivity contribution >= 4 is 124 Å². The number of carbonyl (C=O) groups is 1. The Hall–Kier alpha value is 0.527. The summed E-state index contributed by atoms with van der Waals surface area (Å²) >= 11 is 19.8. The maximum atomic E-state index is 10.1. The van der Waals surface area contributed by atoms with Gasteiger partial charge in [-0.2, -0.15) is 11.3 Å². The lowest BCUT2D eigenvalue weighted by atomic mass is 10.5. The summed E-state index contributed by atoms with van der Waals surface area (Å²) in [7, 11) is -1.72. The predicted molar refractivity (Wildman–Crippen MR) is 195 cm³/mol. The second kappa shape index (κ2) is 20.5. The van der Waals surface area contributed by atoms with Gasteiger partial charge >= 0.3 is 0 Å². The van der Waals surface area contributed by atoms with Crippen LogP contribution >= 0.6 is 109 Å². The average Bonchev–Trinajstić information content (AvgIpc) is 3.71. The summed E-state index contributed by atoms with van der Waals surface area (Å²) in [5, 5.41) is 18.6.